The molecule has 2 aromatic rings. The summed E-state index contributed by atoms with van der Waals surface area (Å²) in [4.78, 5) is 9.32. The van der Waals surface area contributed by atoms with Crippen molar-refractivity contribution < 1.29 is 0 Å². The molecule has 0 amide bonds. The van der Waals surface area contributed by atoms with Gasteiger partial charge < -0.3 is 5.32 Å². The van der Waals surface area contributed by atoms with Crippen molar-refractivity contribution >= 4 is 21.7 Å². The summed E-state index contributed by atoms with van der Waals surface area (Å²) < 4.78 is 2.74. The number of aromatic nitrogens is 4. The van der Waals surface area contributed by atoms with E-state index in [0.717, 1.165) is 39.5 Å². The van der Waals surface area contributed by atoms with Crippen molar-refractivity contribution in [2.45, 2.75) is 33.1 Å². The molecule has 6 heteroatoms. The highest BCUT2D eigenvalue weighted by Gasteiger charge is 2.18. The van der Waals surface area contributed by atoms with Crippen molar-refractivity contribution in [1.29, 1.82) is 0 Å². The number of rotatable bonds is 4. The number of halogens is 1. The lowest BCUT2D eigenvalue weighted by atomic mass is 10.1. The molecule has 1 N–H and O–H groups in total. The molecule has 0 radical (unpaired) electrons. The van der Waals surface area contributed by atoms with Crippen LogP contribution in [0.2, 0.25) is 0 Å². The fourth-order valence-electron chi connectivity index (χ4n) is 2.12. The molecule has 0 bridgehead atoms. The maximum atomic E-state index is 4.72. The predicted molar refractivity (Wildman–Crippen MR) is 84.9 cm³/mol. The summed E-state index contributed by atoms with van der Waals surface area (Å²) in [6.07, 6.45) is 2.84. The fourth-order valence-corrected chi connectivity index (χ4v) is 2.95. The van der Waals surface area contributed by atoms with Gasteiger partial charge in [-0.15, -0.1) is 0 Å². The Bertz CT molecular complexity index is 618. The minimum Gasteiger partial charge on any atom is -0.372 e. The lowest BCUT2D eigenvalue weighted by Crippen LogP contribution is -2.05. The van der Waals surface area contributed by atoms with E-state index in [1.165, 1.54) is 0 Å². The van der Waals surface area contributed by atoms with Gasteiger partial charge in [-0.25, -0.2) is 9.97 Å². The van der Waals surface area contributed by atoms with Gasteiger partial charge in [0, 0.05) is 20.3 Å². The van der Waals surface area contributed by atoms with Gasteiger partial charge in [-0.2, -0.15) is 5.10 Å². The fraction of sp³-hybridized carbons (Fsp3) is 0.500. The van der Waals surface area contributed by atoms with Crippen molar-refractivity contribution in [3.05, 3.63) is 22.1 Å². The van der Waals surface area contributed by atoms with Gasteiger partial charge in [0.05, 0.1) is 21.4 Å². The molecule has 2 heterocycles. The van der Waals surface area contributed by atoms with Gasteiger partial charge in [-0.3, -0.25) is 4.68 Å². The molecular weight excluding hydrogens is 318 g/mol. The van der Waals surface area contributed by atoms with Crippen LogP contribution in [0.1, 0.15) is 38.1 Å². The minimum atomic E-state index is 0.319. The number of anilines is 1. The quantitative estimate of drug-likeness (QED) is 0.929. The largest absolute Gasteiger partial charge is 0.372 e. The summed E-state index contributed by atoms with van der Waals surface area (Å²) in [6.45, 7) is 6.34. The Morgan fingerprint density at radius 1 is 1.35 bits per heavy atom. The van der Waals surface area contributed by atoms with E-state index in [1.807, 2.05) is 25.0 Å². The predicted octanol–water partition coefficient (Wildman–Crippen LogP) is 3.37. The van der Waals surface area contributed by atoms with Gasteiger partial charge >= 0.3 is 0 Å². The zero-order valence-electron chi connectivity index (χ0n) is 12.5. The molecule has 2 rings (SSSR count). The minimum absolute atomic E-state index is 0.319. The van der Waals surface area contributed by atoms with E-state index >= 15 is 0 Å². The topological polar surface area (TPSA) is 55.6 Å². The lowest BCUT2D eigenvalue weighted by molar-refractivity contribution is 0.746. The second-order valence-corrected chi connectivity index (χ2v) is 5.81. The Kier molecular flexibility index (Phi) is 4.42. The molecule has 0 aromatic carbocycles. The summed E-state index contributed by atoms with van der Waals surface area (Å²) in [5.41, 5.74) is 3.03. The zero-order chi connectivity index (χ0) is 14.9. The van der Waals surface area contributed by atoms with Gasteiger partial charge in [0.15, 0.2) is 5.82 Å². The molecule has 0 spiro atoms. The average Bonchev–Trinajstić information content (AvgIpc) is 2.80. The van der Waals surface area contributed by atoms with Gasteiger partial charge in [-0.1, -0.05) is 20.8 Å². The maximum Gasteiger partial charge on any atom is 0.165 e. The smallest absolute Gasteiger partial charge is 0.165 e. The first kappa shape index (κ1) is 15.0. The first-order valence-electron chi connectivity index (χ1n) is 6.76. The van der Waals surface area contributed by atoms with Crippen LogP contribution in [0.25, 0.3) is 11.4 Å². The van der Waals surface area contributed by atoms with Crippen LogP contribution >= 0.6 is 15.9 Å². The molecule has 108 valence electrons. The summed E-state index contributed by atoms with van der Waals surface area (Å²) in [5, 5.41) is 7.58. The zero-order valence-corrected chi connectivity index (χ0v) is 14.1. The number of aryl methyl sites for hydroxylation is 2. The first-order valence-corrected chi connectivity index (χ1v) is 7.55. The van der Waals surface area contributed by atoms with Gasteiger partial charge in [-0.05, 0) is 28.3 Å². The number of nitrogens with one attached hydrogen (secondary N) is 1. The lowest BCUT2D eigenvalue weighted by Gasteiger charge is -2.13. The molecule has 0 unspecified atom stereocenters. The Morgan fingerprint density at radius 2 is 2.05 bits per heavy atom. The summed E-state index contributed by atoms with van der Waals surface area (Å²) >= 11 is 3.58. The van der Waals surface area contributed by atoms with Crippen LogP contribution in [0.15, 0.2) is 10.7 Å². The molecule has 0 aliphatic heterocycles. The Hall–Kier alpha value is -1.43. The number of nitrogens with zero attached hydrogens (tertiary/aromatic N) is 4. The van der Waals surface area contributed by atoms with Crippen LogP contribution in [0, 0.1) is 0 Å². The highest BCUT2D eigenvalue weighted by Crippen LogP contribution is 2.31. The van der Waals surface area contributed by atoms with Crippen molar-refractivity contribution in [3.8, 4) is 11.4 Å². The Morgan fingerprint density at radius 3 is 2.60 bits per heavy atom. The molecule has 0 saturated heterocycles. The van der Waals surface area contributed by atoms with E-state index < -0.39 is 0 Å². The molecule has 5 nitrogen and oxygen atoms in total. The van der Waals surface area contributed by atoms with E-state index in [9.17, 15) is 0 Å². The van der Waals surface area contributed by atoms with E-state index in [2.05, 4.69) is 52.1 Å². The molecule has 0 saturated carbocycles. The van der Waals surface area contributed by atoms with Crippen LogP contribution in [-0.2, 0) is 13.5 Å². The average molecular weight is 338 g/mol. The molecule has 0 aliphatic rings. The second-order valence-electron chi connectivity index (χ2n) is 5.02. The standard InChI is InChI=1S/C14H20BrN5/c1-6-10-9(7-20(5)19-10)13-17-12(8(2)3)11(15)14(16-4)18-13/h7-8H,6H2,1-5H3,(H,16,17,18). The van der Waals surface area contributed by atoms with Crippen molar-refractivity contribution in [3.63, 3.8) is 0 Å². The van der Waals surface area contributed by atoms with Crippen molar-refractivity contribution in [2.75, 3.05) is 12.4 Å². The summed E-state index contributed by atoms with van der Waals surface area (Å²) in [5.74, 6) is 1.86. The third kappa shape index (κ3) is 2.70. The van der Waals surface area contributed by atoms with Crippen molar-refractivity contribution in [1.82, 2.24) is 19.7 Å². The Labute approximate surface area is 128 Å². The normalized spacial score (nSPS) is 11.2. The highest BCUT2D eigenvalue weighted by atomic mass is 79.9. The second kappa shape index (κ2) is 5.91. The van der Waals surface area contributed by atoms with Gasteiger partial charge in [0.1, 0.15) is 5.82 Å². The third-order valence-corrected chi connectivity index (χ3v) is 3.92. The number of hydrogen-bond donors (Lipinski definition) is 1. The summed E-state index contributed by atoms with van der Waals surface area (Å²) in [6, 6.07) is 0. The Balaban J connectivity index is 2.64. The molecule has 20 heavy (non-hydrogen) atoms. The van der Waals surface area contributed by atoms with E-state index in [4.69, 9.17) is 4.98 Å². The van der Waals surface area contributed by atoms with E-state index in [-0.39, 0.29) is 0 Å². The van der Waals surface area contributed by atoms with Crippen LogP contribution in [0.5, 0.6) is 0 Å². The van der Waals surface area contributed by atoms with Gasteiger partial charge in [0.25, 0.3) is 0 Å². The van der Waals surface area contributed by atoms with E-state index in [1.54, 1.807) is 0 Å². The molecule has 0 fully saturated rings. The van der Waals surface area contributed by atoms with Gasteiger partial charge in [0.2, 0.25) is 0 Å². The maximum absolute atomic E-state index is 4.72. The first-order chi connectivity index (χ1) is 9.47. The highest BCUT2D eigenvalue weighted by molar-refractivity contribution is 9.10. The third-order valence-electron chi connectivity index (χ3n) is 3.14. The SMILES string of the molecule is CCc1nn(C)cc1-c1nc(NC)c(Br)c(C(C)C)n1. The number of hydrogen-bond acceptors (Lipinski definition) is 4. The van der Waals surface area contributed by atoms with Crippen LogP contribution in [0.3, 0.4) is 0 Å². The van der Waals surface area contributed by atoms with E-state index in [0.29, 0.717) is 5.92 Å². The molecule has 0 aliphatic carbocycles. The molecule has 0 atom stereocenters. The molecular formula is C14H20BrN5. The van der Waals surface area contributed by atoms with Crippen LogP contribution in [-0.4, -0.2) is 26.8 Å². The molecule has 2 aromatic heterocycles. The monoisotopic (exact) mass is 337 g/mol. The van der Waals surface area contributed by atoms with Crippen molar-refractivity contribution in [2.24, 2.45) is 7.05 Å². The van der Waals surface area contributed by atoms with Crippen LogP contribution in [0.4, 0.5) is 5.82 Å². The summed E-state index contributed by atoms with van der Waals surface area (Å²) in [7, 11) is 3.79. The van der Waals surface area contributed by atoms with Crippen LogP contribution < -0.4 is 5.32 Å².